The van der Waals surface area contributed by atoms with Gasteiger partial charge in [0.15, 0.2) is 0 Å². The van der Waals surface area contributed by atoms with Crippen LogP contribution in [0, 0.1) is 0 Å². The summed E-state index contributed by atoms with van der Waals surface area (Å²) in [7, 11) is 0. The highest BCUT2D eigenvalue weighted by Gasteiger charge is 2.13. The van der Waals surface area contributed by atoms with Gasteiger partial charge in [-0.05, 0) is 19.8 Å². The van der Waals surface area contributed by atoms with Gasteiger partial charge >= 0.3 is 6.09 Å². The van der Waals surface area contributed by atoms with E-state index >= 15 is 0 Å². The van der Waals surface area contributed by atoms with Crippen molar-refractivity contribution < 1.29 is 9.53 Å². The van der Waals surface area contributed by atoms with Gasteiger partial charge in [-0.15, -0.1) is 0 Å². The zero-order valence-electron chi connectivity index (χ0n) is 9.05. The lowest BCUT2D eigenvalue weighted by atomic mass is 9.97. The van der Waals surface area contributed by atoms with Crippen LogP contribution in [-0.4, -0.2) is 18.7 Å². The highest BCUT2D eigenvalue weighted by atomic mass is 16.5. The number of amides is 1. The smallest absolute Gasteiger partial charge is 0.407 e. The van der Waals surface area contributed by atoms with E-state index in [1.807, 2.05) is 6.92 Å². The van der Waals surface area contributed by atoms with Gasteiger partial charge in [-0.25, -0.2) is 4.79 Å². The molecule has 0 atom stereocenters. The number of alkyl carbamates (subject to hydrolysis) is 1. The molecule has 1 rings (SSSR count). The molecule has 0 unspecified atom stereocenters. The molecule has 1 aliphatic carbocycles. The monoisotopic (exact) mass is 199 g/mol. The molecule has 0 aromatic carbocycles. The van der Waals surface area contributed by atoms with E-state index in [0.717, 1.165) is 12.8 Å². The van der Waals surface area contributed by atoms with E-state index in [-0.39, 0.29) is 6.09 Å². The van der Waals surface area contributed by atoms with Crippen LogP contribution in [0.4, 0.5) is 4.79 Å². The molecule has 0 saturated heterocycles. The fraction of sp³-hybridized carbons (Fsp3) is 0.909. The Kier molecular flexibility index (Phi) is 5.42. The molecule has 1 aliphatic rings. The first-order valence-electron chi connectivity index (χ1n) is 5.76. The van der Waals surface area contributed by atoms with Crippen LogP contribution in [0.2, 0.25) is 0 Å². The Balaban J connectivity index is 2.22. The molecule has 1 saturated carbocycles. The third-order valence-electron chi connectivity index (χ3n) is 2.70. The van der Waals surface area contributed by atoms with Crippen LogP contribution in [0.3, 0.4) is 0 Å². The molecule has 1 amide bonds. The fourth-order valence-corrected chi connectivity index (χ4v) is 1.94. The molecule has 0 aromatic heterocycles. The number of ether oxygens (including phenoxy) is 1. The second-order valence-corrected chi connectivity index (χ2v) is 3.91. The van der Waals surface area contributed by atoms with E-state index in [1.165, 1.54) is 32.1 Å². The highest BCUT2D eigenvalue weighted by molar-refractivity contribution is 5.67. The first-order valence-corrected chi connectivity index (χ1v) is 5.76. The molecule has 0 heterocycles. The number of nitrogens with one attached hydrogen (secondary N) is 1. The van der Waals surface area contributed by atoms with Gasteiger partial charge in [0.05, 0.1) is 6.61 Å². The molecule has 0 bridgehead atoms. The molecule has 0 radical (unpaired) electrons. The standard InChI is InChI=1S/C11H21NO2/c1-2-14-11(13)12-10-8-6-4-3-5-7-9-10/h10H,2-9H2,1H3,(H,12,13). The first-order chi connectivity index (χ1) is 6.83. The van der Waals surface area contributed by atoms with E-state index in [9.17, 15) is 4.79 Å². The Morgan fingerprint density at radius 3 is 2.36 bits per heavy atom. The quantitative estimate of drug-likeness (QED) is 0.742. The maximum Gasteiger partial charge on any atom is 0.407 e. The summed E-state index contributed by atoms with van der Waals surface area (Å²) in [6.45, 7) is 2.29. The minimum atomic E-state index is -0.252. The zero-order chi connectivity index (χ0) is 10.2. The lowest BCUT2D eigenvalue weighted by molar-refractivity contribution is 0.146. The molecule has 1 N–H and O–H groups in total. The number of hydrogen-bond donors (Lipinski definition) is 1. The minimum absolute atomic E-state index is 0.252. The minimum Gasteiger partial charge on any atom is -0.450 e. The van der Waals surface area contributed by atoms with Gasteiger partial charge in [-0.2, -0.15) is 0 Å². The van der Waals surface area contributed by atoms with Gasteiger partial charge in [0.25, 0.3) is 0 Å². The van der Waals surface area contributed by atoms with E-state index in [4.69, 9.17) is 4.74 Å². The second kappa shape index (κ2) is 6.68. The molecule has 3 heteroatoms. The summed E-state index contributed by atoms with van der Waals surface area (Å²) >= 11 is 0. The van der Waals surface area contributed by atoms with E-state index < -0.39 is 0 Å². The molecular weight excluding hydrogens is 178 g/mol. The average molecular weight is 199 g/mol. The van der Waals surface area contributed by atoms with E-state index in [1.54, 1.807) is 0 Å². The first kappa shape index (κ1) is 11.3. The Hall–Kier alpha value is -0.730. The number of rotatable bonds is 2. The summed E-state index contributed by atoms with van der Waals surface area (Å²) in [5.74, 6) is 0. The van der Waals surface area contributed by atoms with Gasteiger partial charge in [-0.1, -0.05) is 32.1 Å². The normalized spacial score (nSPS) is 19.5. The van der Waals surface area contributed by atoms with Crippen LogP contribution >= 0.6 is 0 Å². The van der Waals surface area contributed by atoms with E-state index in [0.29, 0.717) is 12.6 Å². The third kappa shape index (κ3) is 4.49. The molecule has 14 heavy (non-hydrogen) atoms. The Labute approximate surface area is 86.2 Å². The molecule has 0 aromatic rings. The largest absolute Gasteiger partial charge is 0.450 e. The Bertz CT molecular complexity index is 163. The van der Waals surface area contributed by atoms with Crippen molar-refractivity contribution in [3.8, 4) is 0 Å². The van der Waals surface area contributed by atoms with Crippen LogP contribution in [0.15, 0.2) is 0 Å². The summed E-state index contributed by atoms with van der Waals surface area (Å²) in [5, 5.41) is 2.93. The van der Waals surface area contributed by atoms with Crippen molar-refractivity contribution in [2.24, 2.45) is 0 Å². The summed E-state index contributed by atoms with van der Waals surface area (Å²) in [4.78, 5) is 11.2. The molecule has 3 nitrogen and oxygen atoms in total. The van der Waals surface area contributed by atoms with Crippen molar-refractivity contribution in [3.63, 3.8) is 0 Å². The fourth-order valence-electron chi connectivity index (χ4n) is 1.94. The summed E-state index contributed by atoms with van der Waals surface area (Å²) < 4.78 is 4.87. The van der Waals surface area contributed by atoms with Crippen molar-refractivity contribution in [2.45, 2.75) is 57.9 Å². The van der Waals surface area contributed by atoms with Crippen molar-refractivity contribution in [2.75, 3.05) is 6.61 Å². The average Bonchev–Trinajstić information content (AvgIpc) is 2.10. The summed E-state index contributed by atoms with van der Waals surface area (Å²) in [6.07, 6.45) is 8.40. The van der Waals surface area contributed by atoms with Crippen LogP contribution in [-0.2, 0) is 4.74 Å². The SMILES string of the molecule is CCOC(=O)NC1CCCCCCC1. The van der Waals surface area contributed by atoms with E-state index in [2.05, 4.69) is 5.32 Å². The van der Waals surface area contributed by atoms with Gasteiger partial charge in [0.2, 0.25) is 0 Å². The predicted octanol–water partition coefficient (Wildman–Crippen LogP) is 2.85. The molecule has 1 fully saturated rings. The molecule has 0 spiro atoms. The van der Waals surface area contributed by atoms with Gasteiger partial charge in [0, 0.05) is 6.04 Å². The van der Waals surface area contributed by atoms with Crippen molar-refractivity contribution in [1.82, 2.24) is 5.32 Å². The maximum absolute atomic E-state index is 11.2. The van der Waals surface area contributed by atoms with Gasteiger partial charge in [0.1, 0.15) is 0 Å². The molecule has 82 valence electrons. The van der Waals surface area contributed by atoms with Gasteiger partial charge < -0.3 is 10.1 Å². The molecular formula is C11H21NO2. The predicted molar refractivity (Wildman–Crippen MR) is 56.3 cm³/mol. The number of hydrogen-bond acceptors (Lipinski definition) is 2. The van der Waals surface area contributed by atoms with Crippen molar-refractivity contribution in [1.29, 1.82) is 0 Å². The van der Waals surface area contributed by atoms with Gasteiger partial charge in [-0.3, -0.25) is 0 Å². The summed E-state index contributed by atoms with van der Waals surface area (Å²) in [5.41, 5.74) is 0. The third-order valence-corrected chi connectivity index (χ3v) is 2.70. The number of carbonyl (C=O) groups excluding carboxylic acids is 1. The topological polar surface area (TPSA) is 38.3 Å². The summed E-state index contributed by atoms with van der Waals surface area (Å²) in [6, 6.07) is 0.342. The number of carbonyl (C=O) groups is 1. The Morgan fingerprint density at radius 1 is 1.21 bits per heavy atom. The zero-order valence-corrected chi connectivity index (χ0v) is 9.05. The van der Waals surface area contributed by atoms with Crippen molar-refractivity contribution >= 4 is 6.09 Å². The van der Waals surface area contributed by atoms with Crippen LogP contribution in [0.1, 0.15) is 51.9 Å². The lowest BCUT2D eigenvalue weighted by Gasteiger charge is -2.20. The maximum atomic E-state index is 11.2. The van der Waals surface area contributed by atoms with Crippen LogP contribution in [0.25, 0.3) is 0 Å². The van der Waals surface area contributed by atoms with Crippen LogP contribution < -0.4 is 5.32 Å². The van der Waals surface area contributed by atoms with Crippen molar-refractivity contribution in [3.05, 3.63) is 0 Å². The highest BCUT2D eigenvalue weighted by Crippen LogP contribution is 2.16. The lowest BCUT2D eigenvalue weighted by Crippen LogP contribution is -2.35. The second-order valence-electron chi connectivity index (χ2n) is 3.91. The Morgan fingerprint density at radius 2 is 1.79 bits per heavy atom. The van der Waals surface area contributed by atoms with Crippen LogP contribution in [0.5, 0.6) is 0 Å². The molecule has 0 aliphatic heterocycles.